The predicted octanol–water partition coefficient (Wildman–Crippen LogP) is 7.76. The lowest BCUT2D eigenvalue weighted by molar-refractivity contribution is -0.205. The van der Waals surface area contributed by atoms with E-state index in [1.165, 1.54) is 12.1 Å². The maximum atomic E-state index is 14.3. The first-order valence-electron chi connectivity index (χ1n) is 10.2. The second-order valence-corrected chi connectivity index (χ2v) is 9.41. The topological polar surface area (TPSA) is 52.6 Å². The maximum absolute atomic E-state index is 14.3. The molecule has 0 aromatic heterocycles. The van der Waals surface area contributed by atoms with Gasteiger partial charge in [-0.05, 0) is 49.2 Å². The van der Waals surface area contributed by atoms with Crippen LogP contribution in [0.2, 0.25) is 0 Å². The Hall–Kier alpha value is -2.48. The minimum Gasteiger partial charge on any atom is -0.449 e. The largest absolute Gasteiger partial charge is 0.449 e. The minimum absolute atomic E-state index is 0.205. The van der Waals surface area contributed by atoms with E-state index < -0.39 is 72.1 Å². The third-order valence-corrected chi connectivity index (χ3v) is 6.91. The smallest absolute Gasteiger partial charge is 0.425 e. The summed E-state index contributed by atoms with van der Waals surface area (Å²) in [6, 6.07) is 6.08. The molecule has 0 fully saturated rings. The fourth-order valence-electron chi connectivity index (χ4n) is 2.67. The summed E-state index contributed by atoms with van der Waals surface area (Å²) in [5.41, 5.74) is -1.41. The molecule has 0 amide bonds. The molecule has 2 rings (SSSR count). The molecular weight excluding hydrogens is 544 g/mol. The molecule has 198 valence electrons. The highest BCUT2D eigenvalue weighted by atomic mass is 33.1. The van der Waals surface area contributed by atoms with Gasteiger partial charge in [0.15, 0.2) is 12.2 Å². The first-order chi connectivity index (χ1) is 16.7. The van der Waals surface area contributed by atoms with Crippen molar-refractivity contribution < 1.29 is 54.2 Å². The number of carbonyl (C=O) groups is 2. The third kappa shape index (κ3) is 8.02. The fraction of sp³-hybridized carbons (Fsp3) is 0.364. The van der Waals surface area contributed by atoms with Gasteiger partial charge < -0.3 is 9.47 Å². The molecule has 0 N–H and O–H groups in total. The Morgan fingerprint density at radius 2 is 1.06 bits per heavy atom. The van der Waals surface area contributed by atoms with Gasteiger partial charge in [0, 0.05) is 9.79 Å². The average Bonchev–Trinajstić information content (AvgIpc) is 2.77. The molecule has 0 radical (unpaired) electrons. The molecule has 0 saturated heterocycles. The summed E-state index contributed by atoms with van der Waals surface area (Å²) in [5.74, 6) is -5.24. The molecule has 0 heterocycles. The Kier molecular flexibility index (Phi) is 10.1. The van der Waals surface area contributed by atoms with Crippen LogP contribution in [0.25, 0.3) is 0 Å². The summed E-state index contributed by atoms with van der Waals surface area (Å²) in [4.78, 5) is 24.3. The van der Waals surface area contributed by atoms with Crippen molar-refractivity contribution in [1.82, 2.24) is 0 Å². The SMILES string of the molecule is CCC(OC(=O)c1ccc(SSc2ccc(C(=O)OC(CC)C(F)(F)F)c(F)c2)cc1F)C(F)(F)F. The van der Waals surface area contributed by atoms with E-state index in [2.05, 4.69) is 9.47 Å². The zero-order valence-electron chi connectivity index (χ0n) is 18.5. The summed E-state index contributed by atoms with van der Waals surface area (Å²) in [6.07, 6.45) is -15.5. The molecule has 14 heteroatoms. The second kappa shape index (κ2) is 12.2. The lowest BCUT2D eigenvalue weighted by Crippen LogP contribution is -2.33. The zero-order chi connectivity index (χ0) is 27.3. The van der Waals surface area contributed by atoms with E-state index in [0.29, 0.717) is 0 Å². The number of rotatable bonds is 9. The Morgan fingerprint density at radius 1 is 0.722 bits per heavy atom. The fourth-order valence-corrected chi connectivity index (χ4v) is 4.61. The number of hydrogen-bond acceptors (Lipinski definition) is 6. The standard InChI is InChI=1S/C22H18F8O4S2/c1-3-17(21(25,26)27)33-19(31)13-7-5-11(9-15(13)23)35-36-12-6-8-14(16(24)10-12)20(32)34-18(4-2)22(28,29)30/h5-10,17-18H,3-4H2,1-2H3. The zero-order valence-corrected chi connectivity index (χ0v) is 20.1. The van der Waals surface area contributed by atoms with Gasteiger partial charge in [0.2, 0.25) is 0 Å². The Labute approximate surface area is 208 Å². The van der Waals surface area contributed by atoms with Crippen LogP contribution in [0.4, 0.5) is 35.1 Å². The normalized spacial score (nSPS) is 13.7. The lowest BCUT2D eigenvalue weighted by Gasteiger charge is -2.19. The van der Waals surface area contributed by atoms with Crippen molar-refractivity contribution >= 4 is 33.5 Å². The molecule has 0 bridgehead atoms. The highest BCUT2D eigenvalue weighted by Crippen LogP contribution is 2.39. The Morgan fingerprint density at radius 3 is 1.31 bits per heavy atom. The minimum atomic E-state index is -4.80. The van der Waals surface area contributed by atoms with E-state index in [-0.39, 0.29) is 9.79 Å². The monoisotopic (exact) mass is 562 g/mol. The van der Waals surface area contributed by atoms with Crippen LogP contribution in [-0.2, 0) is 9.47 Å². The van der Waals surface area contributed by atoms with Gasteiger partial charge in [-0.25, -0.2) is 18.4 Å². The number of ether oxygens (including phenoxy) is 2. The van der Waals surface area contributed by atoms with E-state index in [1.807, 2.05) is 0 Å². The average molecular weight is 563 g/mol. The van der Waals surface area contributed by atoms with Crippen molar-refractivity contribution in [2.75, 3.05) is 0 Å². The van der Waals surface area contributed by atoms with Crippen LogP contribution >= 0.6 is 21.6 Å². The molecule has 2 unspecified atom stereocenters. The molecule has 2 atom stereocenters. The number of alkyl halides is 6. The van der Waals surface area contributed by atoms with Crippen molar-refractivity contribution in [3.05, 3.63) is 59.2 Å². The molecule has 2 aromatic carbocycles. The van der Waals surface area contributed by atoms with Crippen LogP contribution in [0.5, 0.6) is 0 Å². The van der Waals surface area contributed by atoms with Crippen LogP contribution in [0.3, 0.4) is 0 Å². The molecule has 2 aromatic rings. The van der Waals surface area contributed by atoms with Crippen molar-refractivity contribution in [2.24, 2.45) is 0 Å². The van der Waals surface area contributed by atoms with Crippen LogP contribution in [0, 0.1) is 11.6 Å². The first kappa shape index (κ1) is 29.7. The molecule has 36 heavy (non-hydrogen) atoms. The van der Waals surface area contributed by atoms with Crippen LogP contribution in [0.1, 0.15) is 47.4 Å². The van der Waals surface area contributed by atoms with Gasteiger partial charge in [-0.3, -0.25) is 0 Å². The molecule has 0 aliphatic carbocycles. The van der Waals surface area contributed by atoms with Gasteiger partial charge in [0.1, 0.15) is 11.6 Å². The maximum Gasteiger partial charge on any atom is 0.425 e. The van der Waals surface area contributed by atoms with E-state index >= 15 is 0 Å². The summed E-state index contributed by atoms with van der Waals surface area (Å²) in [6.45, 7) is 2.31. The van der Waals surface area contributed by atoms with Gasteiger partial charge >= 0.3 is 24.3 Å². The van der Waals surface area contributed by atoms with Crippen molar-refractivity contribution in [3.8, 4) is 0 Å². The van der Waals surface area contributed by atoms with Crippen molar-refractivity contribution in [1.29, 1.82) is 0 Å². The Balaban J connectivity index is 2.05. The molecule has 0 saturated carbocycles. The highest BCUT2D eigenvalue weighted by molar-refractivity contribution is 8.76. The van der Waals surface area contributed by atoms with E-state index in [0.717, 1.165) is 59.7 Å². The summed E-state index contributed by atoms with van der Waals surface area (Å²) < 4.78 is 114. The van der Waals surface area contributed by atoms with Gasteiger partial charge in [-0.15, -0.1) is 0 Å². The quantitative estimate of drug-likeness (QED) is 0.177. The third-order valence-electron chi connectivity index (χ3n) is 4.53. The first-order valence-corrected chi connectivity index (χ1v) is 12.3. The van der Waals surface area contributed by atoms with E-state index in [4.69, 9.17) is 0 Å². The van der Waals surface area contributed by atoms with Crippen LogP contribution in [0.15, 0.2) is 46.2 Å². The van der Waals surface area contributed by atoms with Gasteiger partial charge in [-0.1, -0.05) is 35.4 Å². The van der Waals surface area contributed by atoms with Crippen LogP contribution < -0.4 is 0 Å². The van der Waals surface area contributed by atoms with E-state index in [1.54, 1.807) is 0 Å². The molecular formula is C22H18F8O4S2. The number of esters is 2. The number of benzene rings is 2. The molecule has 4 nitrogen and oxygen atoms in total. The summed E-state index contributed by atoms with van der Waals surface area (Å²) in [7, 11) is 1.77. The number of carbonyl (C=O) groups excluding carboxylic acids is 2. The number of hydrogen-bond donors (Lipinski definition) is 0. The van der Waals surface area contributed by atoms with E-state index in [9.17, 15) is 44.7 Å². The predicted molar refractivity (Wildman–Crippen MR) is 116 cm³/mol. The van der Waals surface area contributed by atoms with Gasteiger partial charge in [0.25, 0.3) is 0 Å². The van der Waals surface area contributed by atoms with Crippen molar-refractivity contribution in [2.45, 2.75) is 61.0 Å². The van der Waals surface area contributed by atoms with Gasteiger partial charge in [0.05, 0.1) is 11.1 Å². The molecule has 0 aliphatic heterocycles. The van der Waals surface area contributed by atoms with Crippen molar-refractivity contribution in [3.63, 3.8) is 0 Å². The highest BCUT2D eigenvalue weighted by Gasteiger charge is 2.42. The van der Waals surface area contributed by atoms with Gasteiger partial charge in [-0.2, -0.15) is 26.3 Å². The Bertz CT molecular complexity index is 1000. The summed E-state index contributed by atoms with van der Waals surface area (Å²) in [5, 5.41) is 0. The number of halogens is 8. The lowest BCUT2D eigenvalue weighted by atomic mass is 10.2. The summed E-state index contributed by atoms with van der Waals surface area (Å²) >= 11 is 0. The van der Waals surface area contributed by atoms with Crippen LogP contribution in [-0.4, -0.2) is 36.5 Å². The molecule has 0 aliphatic rings. The molecule has 0 spiro atoms. The second-order valence-electron chi connectivity index (χ2n) is 7.14.